The fourth-order valence-corrected chi connectivity index (χ4v) is 2.07. The van der Waals surface area contributed by atoms with Crippen LogP contribution < -0.4 is 0 Å². The third-order valence-corrected chi connectivity index (χ3v) is 2.90. The van der Waals surface area contributed by atoms with E-state index in [2.05, 4.69) is 4.99 Å². The number of rotatable bonds is 4. The van der Waals surface area contributed by atoms with Crippen LogP contribution in [0.4, 0.5) is 5.69 Å². The molecule has 6 heteroatoms. The van der Waals surface area contributed by atoms with Gasteiger partial charge < -0.3 is 10.2 Å². The number of phenols is 1. The molecule has 0 saturated carbocycles. The number of nitro benzene ring substituents is 1. The first-order valence-corrected chi connectivity index (χ1v) is 5.41. The van der Waals surface area contributed by atoms with Crippen LogP contribution in [0.25, 0.3) is 0 Å². The molecule has 1 aromatic carbocycles. The Morgan fingerprint density at radius 2 is 2.22 bits per heavy atom. The Balaban J connectivity index is 2.59. The van der Waals surface area contributed by atoms with E-state index in [4.69, 9.17) is 5.11 Å². The number of aliphatic hydroxyl groups is 1. The normalized spacial score (nSPS) is 21.4. The molecule has 0 amide bonds. The molecule has 1 unspecified atom stereocenters. The first kappa shape index (κ1) is 12.3. The quantitative estimate of drug-likeness (QED) is 0.623. The molecule has 0 spiro atoms. The molecule has 0 aliphatic carbocycles. The summed E-state index contributed by atoms with van der Waals surface area (Å²) in [5, 5.41) is 29.5. The highest BCUT2D eigenvalue weighted by atomic mass is 16.6. The average molecular weight is 248 g/mol. The molecule has 94 valence electrons. The first-order valence-electron chi connectivity index (χ1n) is 5.41. The molecule has 1 aliphatic heterocycles. The molecule has 0 radical (unpaired) electrons. The Bertz CT molecular complexity index is 525. The number of benzene rings is 1. The van der Waals surface area contributed by atoms with E-state index in [1.165, 1.54) is 12.1 Å². The summed E-state index contributed by atoms with van der Waals surface area (Å²) in [6.07, 6.45) is 5.20. The number of hydrogen-bond acceptors (Lipinski definition) is 5. The van der Waals surface area contributed by atoms with Crippen LogP contribution in [0.3, 0.4) is 0 Å². The first-order chi connectivity index (χ1) is 8.59. The predicted octanol–water partition coefficient (Wildman–Crippen LogP) is 1.52. The van der Waals surface area contributed by atoms with Gasteiger partial charge in [-0.15, -0.1) is 0 Å². The van der Waals surface area contributed by atoms with Gasteiger partial charge in [0.2, 0.25) is 0 Å². The number of aromatic hydroxyl groups is 1. The van der Waals surface area contributed by atoms with E-state index in [0.29, 0.717) is 5.56 Å². The van der Waals surface area contributed by atoms with Gasteiger partial charge >= 0.3 is 0 Å². The predicted molar refractivity (Wildman–Crippen MR) is 65.8 cm³/mol. The fraction of sp³-hybridized carbons (Fsp3) is 0.250. The van der Waals surface area contributed by atoms with Gasteiger partial charge in [-0.3, -0.25) is 15.1 Å². The molecule has 2 N–H and O–H groups in total. The van der Waals surface area contributed by atoms with E-state index < -0.39 is 10.5 Å². The van der Waals surface area contributed by atoms with Crippen molar-refractivity contribution in [3.8, 4) is 5.75 Å². The smallest absolute Gasteiger partial charge is 0.279 e. The van der Waals surface area contributed by atoms with Gasteiger partial charge in [0.1, 0.15) is 11.3 Å². The van der Waals surface area contributed by atoms with E-state index in [9.17, 15) is 15.2 Å². The van der Waals surface area contributed by atoms with Gasteiger partial charge in [0.05, 0.1) is 16.6 Å². The average Bonchev–Trinajstić information content (AvgIpc) is 2.79. The highest BCUT2D eigenvalue weighted by Crippen LogP contribution is 2.40. The van der Waals surface area contributed by atoms with Crippen molar-refractivity contribution in [3.05, 3.63) is 46.0 Å². The van der Waals surface area contributed by atoms with Crippen LogP contribution in [0.15, 0.2) is 35.3 Å². The molecule has 0 bridgehead atoms. The zero-order valence-electron chi connectivity index (χ0n) is 9.48. The summed E-state index contributed by atoms with van der Waals surface area (Å²) in [6.45, 7) is -0.139. The van der Waals surface area contributed by atoms with Gasteiger partial charge in [-0.25, -0.2) is 0 Å². The highest BCUT2D eigenvalue weighted by Gasteiger charge is 2.36. The molecule has 1 aliphatic rings. The fourth-order valence-electron chi connectivity index (χ4n) is 2.07. The maximum absolute atomic E-state index is 11.0. The van der Waals surface area contributed by atoms with Crippen LogP contribution >= 0.6 is 0 Å². The minimum Gasteiger partial charge on any atom is -0.508 e. The van der Waals surface area contributed by atoms with Crippen LogP contribution in [0, 0.1) is 10.1 Å². The molecule has 0 fully saturated rings. The van der Waals surface area contributed by atoms with Gasteiger partial charge in [0.15, 0.2) is 0 Å². The van der Waals surface area contributed by atoms with Crippen molar-refractivity contribution in [1.29, 1.82) is 0 Å². The maximum atomic E-state index is 11.0. The van der Waals surface area contributed by atoms with Gasteiger partial charge in [-0.05, 0) is 18.2 Å². The zero-order valence-corrected chi connectivity index (χ0v) is 9.48. The molecular formula is C12H12N2O4. The number of nitro groups is 1. The van der Waals surface area contributed by atoms with E-state index in [1.807, 2.05) is 0 Å². The minimum absolute atomic E-state index is 0.139. The standard InChI is InChI=1S/C12H12N2O4/c15-7-5-12(4-1-6-13-12)10-3-2-9(16)8-11(10)14(17)18/h1-4,6,8,15-16H,5,7H2. The Labute approximate surface area is 103 Å². The van der Waals surface area contributed by atoms with Gasteiger partial charge in [-0.1, -0.05) is 6.08 Å². The molecule has 0 aromatic heterocycles. The highest BCUT2D eigenvalue weighted by molar-refractivity contribution is 5.76. The number of allylic oxidation sites excluding steroid dienone is 1. The van der Waals surface area contributed by atoms with Crippen molar-refractivity contribution >= 4 is 11.9 Å². The second kappa shape index (κ2) is 4.58. The van der Waals surface area contributed by atoms with Crippen molar-refractivity contribution in [2.45, 2.75) is 12.0 Å². The lowest BCUT2D eigenvalue weighted by molar-refractivity contribution is -0.386. The summed E-state index contributed by atoms with van der Waals surface area (Å²) in [5.74, 6) is -0.171. The number of hydrogen-bond donors (Lipinski definition) is 2. The van der Waals surface area contributed by atoms with Crippen LogP contribution in [0.2, 0.25) is 0 Å². The van der Waals surface area contributed by atoms with E-state index in [1.54, 1.807) is 18.4 Å². The second-order valence-corrected chi connectivity index (χ2v) is 3.99. The third-order valence-electron chi connectivity index (χ3n) is 2.90. The minimum atomic E-state index is -0.912. The number of aliphatic hydroxyl groups excluding tert-OH is 1. The second-order valence-electron chi connectivity index (χ2n) is 3.99. The van der Waals surface area contributed by atoms with Crippen molar-refractivity contribution in [1.82, 2.24) is 0 Å². The molecule has 1 aromatic rings. The lowest BCUT2D eigenvalue weighted by Crippen LogP contribution is -2.22. The molecule has 6 nitrogen and oxygen atoms in total. The summed E-state index contributed by atoms with van der Waals surface area (Å²) in [6, 6.07) is 3.94. The van der Waals surface area contributed by atoms with Crippen LogP contribution in [-0.2, 0) is 5.54 Å². The Kier molecular flexibility index (Phi) is 3.12. The van der Waals surface area contributed by atoms with Crippen LogP contribution in [-0.4, -0.2) is 28.0 Å². The van der Waals surface area contributed by atoms with Crippen LogP contribution in [0.1, 0.15) is 12.0 Å². The third kappa shape index (κ3) is 1.98. The molecule has 2 rings (SSSR count). The molecule has 1 atom stereocenters. The van der Waals surface area contributed by atoms with E-state index in [-0.39, 0.29) is 24.5 Å². The summed E-state index contributed by atoms with van der Waals surface area (Å²) in [5.41, 5.74) is -0.748. The van der Waals surface area contributed by atoms with Crippen molar-refractivity contribution in [2.24, 2.45) is 4.99 Å². The van der Waals surface area contributed by atoms with Crippen molar-refractivity contribution in [3.63, 3.8) is 0 Å². The number of aliphatic imine (C=N–C) groups is 1. The largest absolute Gasteiger partial charge is 0.508 e. The lowest BCUT2D eigenvalue weighted by Gasteiger charge is -2.23. The molecule has 1 heterocycles. The number of nitrogens with zero attached hydrogens (tertiary/aromatic N) is 2. The maximum Gasteiger partial charge on any atom is 0.279 e. The summed E-state index contributed by atoms with van der Waals surface area (Å²) in [7, 11) is 0. The summed E-state index contributed by atoms with van der Waals surface area (Å²) in [4.78, 5) is 14.7. The van der Waals surface area contributed by atoms with Crippen LogP contribution in [0.5, 0.6) is 5.75 Å². The topological polar surface area (TPSA) is 96.0 Å². The number of phenolic OH excluding ortho intramolecular Hbond substituents is 1. The molecule has 18 heavy (non-hydrogen) atoms. The van der Waals surface area contributed by atoms with Gasteiger partial charge in [0, 0.05) is 19.2 Å². The zero-order chi connectivity index (χ0) is 13.2. The summed E-state index contributed by atoms with van der Waals surface area (Å²) < 4.78 is 0. The summed E-state index contributed by atoms with van der Waals surface area (Å²) >= 11 is 0. The van der Waals surface area contributed by atoms with Crippen molar-refractivity contribution in [2.75, 3.05) is 6.61 Å². The van der Waals surface area contributed by atoms with Crippen molar-refractivity contribution < 1.29 is 15.1 Å². The van der Waals surface area contributed by atoms with Gasteiger partial charge in [-0.2, -0.15) is 0 Å². The van der Waals surface area contributed by atoms with E-state index in [0.717, 1.165) is 6.07 Å². The Hall–Kier alpha value is -2.21. The monoisotopic (exact) mass is 248 g/mol. The molecule has 0 saturated heterocycles. The molecular weight excluding hydrogens is 236 g/mol. The Morgan fingerprint density at radius 1 is 1.44 bits per heavy atom. The van der Waals surface area contributed by atoms with Gasteiger partial charge in [0.25, 0.3) is 5.69 Å². The van der Waals surface area contributed by atoms with E-state index >= 15 is 0 Å². The lowest BCUT2D eigenvalue weighted by atomic mass is 9.87. The SMILES string of the molecule is O=[N+]([O-])c1cc(O)ccc1C1(CCO)C=CC=N1. The Morgan fingerprint density at radius 3 is 2.78 bits per heavy atom.